The highest BCUT2D eigenvalue weighted by Crippen LogP contribution is 2.34. The molecule has 0 amide bonds. The Bertz CT molecular complexity index is 836. The smallest absolute Gasteiger partial charge is 0.304 e. The minimum Gasteiger partial charge on any atom is -0.481 e. The first-order valence-electron chi connectivity index (χ1n) is 7.65. The van der Waals surface area contributed by atoms with Crippen LogP contribution in [-0.2, 0) is 11.3 Å². The SMILES string of the molecule is CCn1cc(C(CC(=O)O)c2ccc(F)cc2)c2ccccc21. The van der Waals surface area contributed by atoms with E-state index in [1.165, 1.54) is 12.1 Å². The Morgan fingerprint density at radius 3 is 2.52 bits per heavy atom. The fourth-order valence-corrected chi connectivity index (χ4v) is 3.09. The Labute approximate surface area is 134 Å². The van der Waals surface area contributed by atoms with E-state index in [-0.39, 0.29) is 18.2 Å². The molecule has 0 aliphatic heterocycles. The van der Waals surface area contributed by atoms with Crippen molar-refractivity contribution in [3.63, 3.8) is 0 Å². The van der Waals surface area contributed by atoms with Crippen LogP contribution in [-0.4, -0.2) is 15.6 Å². The number of hydrogen-bond acceptors (Lipinski definition) is 1. The van der Waals surface area contributed by atoms with Crippen molar-refractivity contribution in [2.24, 2.45) is 0 Å². The number of carboxylic acid groups (broad SMARTS) is 1. The molecule has 0 bridgehead atoms. The van der Waals surface area contributed by atoms with Gasteiger partial charge in [-0.3, -0.25) is 4.79 Å². The third kappa shape index (κ3) is 2.97. The van der Waals surface area contributed by atoms with Crippen molar-refractivity contribution in [2.75, 3.05) is 0 Å². The standard InChI is InChI=1S/C19H18FNO2/c1-2-21-12-17(15-5-3-4-6-18(15)21)16(11-19(22)23)13-7-9-14(20)10-8-13/h3-10,12,16H,2,11H2,1H3,(H,22,23). The van der Waals surface area contributed by atoms with Crippen molar-refractivity contribution >= 4 is 16.9 Å². The van der Waals surface area contributed by atoms with Crippen molar-refractivity contribution in [1.82, 2.24) is 4.57 Å². The normalized spacial score (nSPS) is 12.4. The number of carboxylic acids is 1. The van der Waals surface area contributed by atoms with Crippen LogP contribution in [0.1, 0.15) is 30.4 Å². The first-order valence-corrected chi connectivity index (χ1v) is 7.65. The highest BCUT2D eigenvalue weighted by Gasteiger charge is 2.22. The molecule has 2 aromatic carbocycles. The molecule has 1 heterocycles. The molecule has 3 rings (SSSR count). The van der Waals surface area contributed by atoms with Gasteiger partial charge in [0.2, 0.25) is 0 Å². The first-order chi connectivity index (χ1) is 11.1. The third-order valence-electron chi connectivity index (χ3n) is 4.19. The minimum atomic E-state index is -0.868. The van der Waals surface area contributed by atoms with E-state index >= 15 is 0 Å². The van der Waals surface area contributed by atoms with Crippen LogP contribution in [0.4, 0.5) is 4.39 Å². The van der Waals surface area contributed by atoms with Crippen LogP contribution in [0.2, 0.25) is 0 Å². The maximum atomic E-state index is 13.2. The number of aliphatic carboxylic acids is 1. The summed E-state index contributed by atoms with van der Waals surface area (Å²) in [6, 6.07) is 14.1. The van der Waals surface area contributed by atoms with Crippen molar-refractivity contribution in [3.05, 3.63) is 71.7 Å². The molecule has 0 aliphatic rings. The molecule has 4 heteroatoms. The highest BCUT2D eigenvalue weighted by molar-refractivity contribution is 5.86. The maximum Gasteiger partial charge on any atom is 0.304 e. The van der Waals surface area contributed by atoms with Gasteiger partial charge in [0.25, 0.3) is 0 Å². The van der Waals surface area contributed by atoms with Crippen molar-refractivity contribution < 1.29 is 14.3 Å². The summed E-state index contributed by atoms with van der Waals surface area (Å²) in [4.78, 5) is 11.4. The second-order valence-electron chi connectivity index (χ2n) is 5.59. The Kier molecular flexibility index (Phi) is 4.15. The monoisotopic (exact) mass is 311 g/mol. The number of aromatic nitrogens is 1. The van der Waals surface area contributed by atoms with Gasteiger partial charge in [0, 0.05) is 29.6 Å². The van der Waals surface area contributed by atoms with Crippen molar-refractivity contribution in [3.8, 4) is 0 Å². The molecule has 1 atom stereocenters. The van der Waals surface area contributed by atoms with Gasteiger partial charge < -0.3 is 9.67 Å². The fraction of sp³-hybridized carbons (Fsp3) is 0.211. The zero-order chi connectivity index (χ0) is 16.4. The number of carbonyl (C=O) groups is 1. The quantitative estimate of drug-likeness (QED) is 0.758. The Hall–Kier alpha value is -2.62. The number of nitrogens with zero attached hydrogens (tertiary/aromatic N) is 1. The largest absolute Gasteiger partial charge is 0.481 e. The maximum absolute atomic E-state index is 13.2. The highest BCUT2D eigenvalue weighted by atomic mass is 19.1. The zero-order valence-electron chi connectivity index (χ0n) is 12.9. The van der Waals surface area contributed by atoms with E-state index in [0.29, 0.717) is 0 Å². The summed E-state index contributed by atoms with van der Waals surface area (Å²) in [5, 5.41) is 10.4. The molecule has 0 saturated heterocycles. The predicted molar refractivity (Wildman–Crippen MR) is 88.1 cm³/mol. The lowest BCUT2D eigenvalue weighted by Gasteiger charge is -2.15. The number of aryl methyl sites for hydroxylation is 1. The van der Waals surface area contributed by atoms with Crippen LogP contribution < -0.4 is 0 Å². The third-order valence-corrected chi connectivity index (χ3v) is 4.19. The number of fused-ring (bicyclic) bond motifs is 1. The van der Waals surface area contributed by atoms with E-state index in [4.69, 9.17) is 0 Å². The summed E-state index contributed by atoms with van der Waals surface area (Å²) in [5.41, 5.74) is 2.87. The van der Waals surface area contributed by atoms with Crippen LogP contribution >= 0.6 is 0 Å². The van der Waals surface area contributed by atoms with Crippen molar-refractivity contribution in [1.29, 1.82) is 0 Å². The van der Waals surface area contributed by atoms with Gasteiger partial charge in [0.15, 0.2) is 0 Å². The van der Waals surface area contributed by atoms with E-state index < -0.39 is 5.97 Å². The molecule has 1 N–H and O–H groups in total. The van der Waals surface area contributed by atoms with Gasteiger partial charge in [-0.2, -0.15) is 0 Å². The second-order valence-corrected chi connectivity index (χ2v) is 5.59. The number of rotatable bonds is 5. The van der Waals surface area contributed by atoms with Crippen LogP contribution in [0.5, 0.6) is 0 Å². The molecule has 0 aliphatic carbocycles. The average Bonchev–Trinajstić information content (AvgIpc) is 2.92. The molecule has 3 nitrogen and oxygen atoms in total. The van der Waals surface area contributed by atoms with Crippen LogP contribution in [0, 0.1) is 5.82 Å². The van der Waals surface area contributed by atoms with E-state index in [9.17, 15) is 14.3 Å². The summed E-state index contributed by atoms with van der Waals surface area (Å²) in [6.45, 7) is 2.87. The molecule has 1 unspecified atom stereocenters. The van der Waals surface area contributed by atoms with Crippen molar-refractivity contribution in [2.45, 2.75) is 25.8 Å². The van der Waals surface area contributed by atoms with E-state index in [1.807, 2.05) is 30.5 Å². The predicted octanol–water partition coefficient (Wildman–Crippen LogP) is 4.41. The zero-order valence-corrected chi connectivity index (χ0v) is 12.9. The van der Waals surface area contributed by atoms with Crippen LogP contribution in [0.3, 0.4) is 0 Å². The lowest BCUT2D eigenvalue weighted by Crippen LogP contribution is -2.08. The average molecular weight is 311 g/mol. The number of para-hydroxylation sites is 1. The van der Waals surface area contributed by atoms with Gasteiger partial charge in [0.05, 0.1) is 6.42 Å². The number of halogens is 1. The molecular weight excluding hydrogens is 293 g/mol. The number of hydrogen-bond donors (Lipinski definition) is 1. The molecule has 118 valence electrons. The second kappa shape index (κ2) is 6.24. The van der Waals surface area contributed by atoms with Gasteiger partial charge in [-0.25, -0.2) is 4.39 Å². The molecule has 0 radical (unpaired) electrons. The molecular formula is C19H18FNO2. The number of benzene rings is 2. The van der Waals surface area contributed by atoms with Gasteiger partial charge >= 0.3 is 5.97 Å². The van der Waals surface area contributed by atoms with Gasteiger partial charge in [-0.1, -0.05) is 30.3 Å². The molecule has 1 aromatic heterocycles. The lowest BCUT2D eigenvalue weighted by atomic mass is 9.88. The topological polar surface area (TPSA) is 42.2 Å². The molecule has 3 aromatic rings. The lowest BCUT2D eigenvalue weighted by molar-refractivity contribution is -0.137. The Balaban J connectivity index is 2.17. The van der Waals surface area contributed by atoms with E-state index in [2.05, 4.69) is 11.5 Å². The summed E-state index contributed by atoms with van der Waals surface area (Å²) in [5.74, 6) is -1.49. The van der Waals surface area contributed by atoms with Gasteiger partial charge in [-0.15, -0.1) is 0 Å². The summed E-state index contributed by atoms with van der Waals surface area (Å²) in [6.07, 6.45) is 1.99. The molecule has 0 spiro atoms. The fourth-order valence-electron chi connectivity index (χ4n) is 3.09. The minimum absolute atomic E-state index is 0.0245. The van der Waals surface area contributed by atoms with Gasteiger partial charge in [-0.05, 0) is 36.2 Å². The Morgan fingerprint density at radius 2 is 1.87 bits per heavy atom. The van der Waals surface area contributed by atoms with Crippen LogP contribution in [0.25, 0.3) is 10.9 Å². The summed E-state index contributed by atoms with van der Waals surface area (Å²) >= 11 is 0. The summed E-state index contributed by atoms with van der Waals surface area (Å²) in [7, 11) is 0. The first kappa shape index (κ1) is 15.3. The van der Waals surface area contributed by atoms with E-state index in [1.54, 1.807) is 12.1 Å². The molecule has 0 fully saturated rings. The molecule has 0 saturated carbocycles. The van der Waals surface area contributed by atoms with Gasteiger partial charge in [0.1, 0.15) is 5.82 Å². The molecule has 23 heavy (non-hydrogen) atoms. The van der Waals surface area contributed by atoms with E-state index in [0.717, 1.165) is 28.6 Å². The summed E-state index contributed by atoms with van der Waals surface area (Å²) < 4.78 is 15.3. The Morgan fingerprint density at radius 1 is 1.17 bits per heavy atom. The van der Waals surface area contributed by atoms with Crippen LogP contribution in [0.15, 0.2) is 54.7 Å².